The zero-order valence-corrected chi connectivity index (χ0v) is 15.4. The maximum atomic E-state index is 12.9. The first-order valence-corrected chi connectivity index (χ1v) is 8.73. The number of ether oxygens (including phenoxy) is 1. The number of carbonyl (C=O) groups is 1. The minimum atomic E-state index is -0.313. The highest BCUT2D eigenvalue weighted by Gasteiger charge is 2.14. The van der Waals surface area contributed by atoms with Crippen molar-refractivity contribution < 1.29 is 9.53 Å². The van der Waals surface area contributed by atoms with Crippen molar-refractivity contribution in [2.45, 2.75) is 20.0 Å². The Morgan fingerprint density at radius 2 is 1.78 bits per heavy atom. The molecular weight excluding hydrogens is 340 g/mol. The molecule has 0 bridgehead atoms. The fraction of sp³-hybridized carbons (Fsp3) is 0.182. The number of nitrogens with zero attached hydrogens (tertiary/aromatic N) is 1. The van der Waals surface area contributed by atoms with Crippen molar-refractivity contribution in [2.75, 3.05) is 12.4 Å². The number of hydrogen-bond donors (Lipinski definition) is 1. The van der Waals surface area contributed by atoms with E-state index in [0.717, 1.165) is 16.8 Å². The number of methoxy groups -OCH3 is 1. The summed E-state index contributed by atoms with van der Waals surface area (Å²) >= 11 is 0. The molecule has 1 N–H and O–H groups in total. The number of aromatic nitrogens is 1. The molecule has 27 heavy (non-hydrogen) atoms. The molecule has 0 aliphatic heterocycles. The van der Waals surface area contributed by atoms with Crippen LogP contribution in [0.1, 0.15) is 27.2 Å². The minimum Gasteiger partial charge on any atom is -0.496 e. The van der Waals surface area contributed by atoms with E-state index in [1.54, 1.807) is 11.7 Å². The Kier molecular flexibility index (Phi) is 5.71. The quantitative estimate of drug-likeness (QED) is 0.652. The Hall–Kier alpha value is -3.34. The number of carbonyl (C=O) groups excluding carboxylic acids is 1. The van der Waals surface area contributed by atoms with Gasteiger partial charge in [-0.25, -0.2) is 0 Å². The van der Waals surface area contributed by atoms with Crippen LogP contribution in [0.25, 0.3) is 0 Å². The first-order valence-electron chi connectivity index (χ1n) is 8.73. The minimum absolute atomic E-state index is 0.131. The SMILES string of the molecule is COc1ccccc1Cn1c(C)cc(NCc2ccccc2)c(C=O)c1=O. The largest absolute Gasteiger partial charge is 0.496 e. The van der Waals surface area contributed by atoms with Crippen molar-refractivity contribution in [1.82, 2.24) is 4.57 Å². The molecule has 0 fully saturated rings. The lowest BCUT2D eigenvalue weighted by molar-refractivity contribution is 0.112. The average molecular weight is 362 g/mol. The summed E-state index contributed by atoms with van der Waals surface area (Å²) in [7, 11) is 1.60. The van der Waals surface area contributed by atoms with Crippen LogP contribution in [0, 0.1) is 6.92 Å². The van der Waals surface area contributed by atoms with Crippen LogP contribution in [-0.4, -0.2) is 18.0 Å². The average Bonchev–Trinajstić information content (AvgIpc) is 2.70. The third-order valence-electron chi connectivity index (χ3n) is 4.51. The van der Waals surface area contributed by atoms with E-state index < -0.39 is 0 Å². The van der Waals surface area contributed by atoms with E-state index in [1.807, 2.05) is 67.6 Å². The van der Waals surface area contributed by atoms with Gasteiger partial charge in [-0.05, 0) is 24.6 Å². The van der Waals surface area contributed by atoms with E-state index in [9.17, 15) is 9.59 Å². The van der Waals surface area contributed by atoms with E-state index in [-0.39, 0.29) is 11.1 Å². The number of para-hydroxylation sites is 1. The number of nitrogens with one attached hydrogen (secondary N) is 1. The topological polar surface area (TPSA) is 60.3 Å². The van der Waals surface area contributed by atoms with Crippen LogP contribution >= 0.6 is 0 Å². The third kappa shape index (κ3) is 4.08. The summed E-state index contributed by atoms with van der Waals surface area (Å²) in [5.41, 5.74) is 3.09. The number of aryl methyl sites for hydroxylation is 1. The number of rotatable bonds is 7. The molecule has 0 unspecified atom stereocenters. The van der Waals surface area contributed by atoms with Crippen molar-refractivity contribution in [1.29, 1.82) is 0 Å². The second-order valence-electron chi connectivity index (χ2n) is 6.27. The van der Waals surface area contributed by atoms with Crippen molar-refractivity contribution in [3.8, 4) is 5.75 Å². The molecule has 0 aliphatic rings. The van der Waals surface area contributed by atoms with Gasteiger partial charge in [-0.15, -0.1) is 0 Å². The van der Waals surface area contributed by atoms with Crippen LogP contribution in [-0.2, 0) is 13.1 Å². The Morgan fingerprint density at radius 1 is 1.07 bits per heavy atom. The van der Waals surface area contributed by atoms with Crippen molar-refractivity contribution in [3.05, 3.63) is 93.4 Å². The van der Waals surface area contributed by atoms with Crippen LogP contribution in [0.5, 0.6) is 5.75 Å². The number of benzene rings is 2. The monoisotopic (exact) mass is 362 g/mol. The van der Waals surface area contributed by atoms with Gasteiger partial charge in [0.05, 0.1) is 19.3 Å². The zero-order chi connectivity index (χ0) is 19.2. The molecular formula is C22H22N2O3. The summed E-state index contributed by atoms with van der Waals surface area (Å²) in [5, 5.41) is 3.21. The molecule has 5 heteroatoms. The van der Waals surface area contributed by atoms with Gasteiger partial charge in [-0.2, -0.15) is 0 Å². The van der Waals surface area contributed by atoms with Gasteiger partial charge in [-0.1, -0.05) is 48.5 Å². The highest BCUT2D eigenvalue weighted by atomic mass is 16.5. The lowest BCUT2D eigenvalue weighted by Crippen LogP contribution is -2.27. The molecule has 0 spiro atoms. The summed E-state index contributed by atoms with van der Waals surface area (Å²) in [4.78, 5) is 24.5. The summed E-state index contributed by atoms with van der Waals surface area (Å²) < 4.78 is 6.96. The molecule has 0 atom stereocenters. The summed E-state index contributed by atoms with van der Waals surface area (Å²) in [5.74, 6) is 0.711. The Labute approximate surface area is 158 Å². The maximum absolute atomic E-state index is 12.9. The molecule has 0 amide bonds. The molecule has 2 aromatic carbocycles. The molecule has 1 heterocycles. The number of aldehydes is 1. The first-order chi connectivity index (χ1) is 13.1. The zero-order valence-electron chi connectivity index (χ0n) is 15.4. The highest BCUT2D eigenvalue weighted by Crippen LogP contribution is 2.20. The second kappa shape index (κ2) is 8.36. The highest BCUT2D eigenvalue weighted by molar-refractivity contribution is 5.83. The summed E-state index contributed by atoms with van der Waals surface area (Å²) in [6.07, 6.45) is 0.619. The molecule has 138 valence electrons. The van der Waals surface area contributed by atoms with E-state index >= 15 is 0 Å². The molecule has 0 radical (unpaired) electrons. The van der Waals surface area contributed by atoms with E-state index in [1.165, 1.54) is 0 Å². The third-order valence-corrected chi connectivity index (χ3v) is 4.51. The number of pyridine rings is 1. The van der Waals surface area contributed by atoms with Gasteiger partial charge in [-0.3, -0.25) is 9.59 Å². The van der Waals surface area contributed by atoms with Gasteiger partial charge in [0.25, 0.3) is 5.56 Å². The van der Waals surface area contributed by atoms with Gasteiger partial charge >= 0.3 is 0 Å². The van der Waals surface area contributed by atoms with Gasteiger partial charge in [0.2, 0.25) is 0 Å². The van der Waals surface area contributed by atoms with Crippen LogP contribution in [0.2, 0.25) is 0 Å². The van der Waals surface area contributed by atoms with Gasteiger partial charge < -0.3 is 14.6 Å². The summed E-state index contributed by atoms with van der Waals surface area (Å²) in [6.45, 7) is 2.74. The standard InChI is InChI=1S/C22H22N2O3/c1-16-12-20(23-13-17-8-4-3-5-9-17)19(15-25)22(26)24(16)14-18-10-6-7-11-21(18)27-2/h3-12,15,23H,13-14H2,1-2H3. The van der Waals surface area contributed by atoms with Crippen molar-refractivity contribution in [2.24, 2.45) is 0 Å². The van der Waals surface area contributed by atoms with Gasteiger partial charge in [0.1, 0.15) is 11.3 Å². The fourth-order valence-corrected chi connectivity index (χ4v) is 3.04. The molecule has 3 rings (SSSR count). The number of anilines is 1. The van der Waals surface area contributed by atoms with E-state index in [0.29, 0.717) is 30.8 Å². The van der Waals surface area contributed by atoms with Crippen LogP contribution in [0.3, 0.4) is 0 Å². The van der Waals surface area contributed by atoms with Crippen molar-refractivity contribution >= 4 is 12.0 Å². The van der Waals surface area contributed by atoms with Crippen molar-refractivity contribution in [3.63, 3.8) is 0 Å². The van der Waals surface area contributed by atoms with Crippen LogP contribution < -0.4 is 15.6 Å². The van der Waals surface area contributed by atoms with E-state index in [2.05, 4.69) is 5.32 Å². The smallest absolute Gasteiger partial charge is 0.263 e. The predicted molar refractivity (Wildman–Crippen MR) is 107 cm³/mol. The summed E-state index contributed by atoms with van der Waals surface area (Å²) in [6, 6.07) is 19.2. The van der Waals surface area contributed by atoms with Crippen LogP contribution in [0.4, 0.5) is 5.69 Å². The lowest BCUT2D eigenvalue weighted by atomic mass is 10.1. The molecule has 1 aromatic heterocycles. The van der Waals surface area contributed by atoms with E-state index in [4.69, 9.17) is 4.74 Å². The fourth-order valence-electron chi connectivity index (χ4n) is 3.04. The first kappa shape index (κ1) is 18.5. The molecule has 0 saturated heterocycles. The second-order valence-corrected chi connectivity index (χ2v) is 6.27. The van der Waals surface area contributed by atoms with Crippen LogP contribution in [0.15, 0.2) is 65.5 Å². The molecule has 0 aliphatic carbocycles. The predicted octanol–water partition coefficient (Wildman–Crippen LogP) is 3.64. The normalized spacial score (nSPS) is 10.4. The van der Waals surface area contributed by atoms with Gasteiger partial charge in [0.15, 0.2) is 6.29 Å². The number of hydrogen-bond acceptors (Lipinski definition) is 4. The molecule has 3 aromatic rings. The molecule has 5 nitrogen and oxygen atoms in total. The lowest BCUT2D eigenvalue weighted by Gasteiger charge is -2.16. The Bertz CT molecular complexity index is 994. The Balaban J connectivity index is 1.93. The van der Waals surface area contributed by atoms with Gasteiger partial charge in [0, 0.05) is 17.8 Å². The maximum Gasteiger partial charge on any atom is 0.263 e. The molecule has 0 saturated carbocycles. The Morgan fingerprint density at radius 3 is 2.48 bits per heavy atom.